The predicted molar refractivity (Wildman–Crippen MR) is 122 cm³/mol. The Kier molecular flexibility index (Phi) is 9.90. The lowest BCUT2D eigenvalue weighted by Crippen LogP contribution is -2.47. The minimum absolute atomic E-state index is 0. The van der Waals surface area contributed by atoms with E-state index < -0.39 is 0 Å². The summed E-state index contributed by atoms with van der Waals surface area (Å²) in [4.78, 5) is 9.13. The number of nitrogens with one attached hydrogen (secondary N) is 2. The maximum atomic E-state index is 13.4. The topological polar surface area (TPSA) is 52.1 Å². The molecule has 2 unspecified atom stereocenters. The van der Waals surface area contributed by atoms with Gasteiger partial charge in [0.1, 0.15) is 5.82 Å². The average molecular weight is 505 g/mol. The van der Waals surface area contributed by atoms with Gasteiger partial charge in [0.05, 0.1) is 19.3 Å². The summed E-state index contributed by atoms with van der Waals surface area (Å²) in [5.74, 6) is 1.29. The summed E-state index contributed by atoms with van der Waals surface area (Å²) in [6, 6.07) is 6.98. The zero-order chi connectivity index (χ0) is 19.1. The molecule has 0 aliphatic carbocycles. The van der Waals surface area contributed by atoms with Crippen LogP contribution in [0.1, 0.15) is 18.0 Å². The van der Waals surface area contributed by atoms with Crippen molar-refractivity contribution in [1.29, 1.82) is 0 Å². The second kappa shape index (κ2) is 11.9. The molecule has 0 amide bonds. The summed E-state index contributed by atoms with van der Waals surface area (Å²) >= 11 is 0. The third-order valence-electron chi connectivity index (χ3n) is 5.47. The van der Waals surface area contributed by atoms with Gasteiger partial charge in [-0.2, -0.15) is 0 Å². The molecule has 6 nitrogen and oxygen atoms in total. The van der Waals surface area contributed by atoms with Crippen molar-refractivity contribution < 1.29 is 9.13 Å². The highest BCUT2D eigenvalue weighted by Gasteiger charge is 2.23. The van der Waals surface area contributed by atoms with E-state index in [-0.39, 0.29) is 35.8 Å². The van der Waals surface area contributed by atoms with Crippen molar-refractivity contribution in [2.24, 2.45) is 10.9 Å². The van der Waals surface area contributed by atoms with Gasteiger partial charge in [-0.15, -0.1) is 24.0 Å². The molecule has 0 radical (unpaired) electrons. The molecule has 28 heavy (non-hydrogen) atoms. The highest BCUT2D eigenvalue weighted by molar-refractivity contribution is 14.0. The SMILES string of the molecule is CN=C(NCC1CCN(C)C1)NCC(c1ccc(F)cc1)N1CCOCC1.I. The molecule has 0 spiro atoms. The highest BCUT2D eigenvalue weighted by Crippen LogP contribution is 2.21. The van der Waals surface area contributed by atoms with Crippen LogP contribution in [0.25, 0.3) is 0 Å². The Bertz CT molecular complexity index is 609. The minimum Gasteiger partial charge on any atom is -0.379 e. The predicted octanol–water partition coefficient (Wildman–Crippen LogP) is 1.93. The van der Waals surface area contributed by atoms with E-state index in [4.69, 9.17) is 4.74 Å². The van der Waals surface area contributed by atoms with Gasteiger partial charge in [0.15, 0.2) is 5.96 Å². The Morgan fingerprint density at radius 1 is 1.21 bits per heavy atom. The van der Waals surface area contributed by atoms with Crippen molar-refractivity contribution in [3.8, 4) is 0 Å². The van der Waals surface area contributed by atoms with Crippen molar-refractivity contribution in [1.82, 2.24) is 20.4 Å². The number of aliphatic imine (C=N–C) groups is 1. The normalized spacial score (nSPS) is 22.5. The number of halogens is 2. The van der Waals surface area contributed by atoms with E-state index in [1.54, 1.807) is 7.05 Å². The van der Waals surface area contributed by atoms with Crippen LogP contribution in [0.4, 0.5) is 4.39 Å². The van der Waals surface area contributed by atoms with Crippen LogP contribution >= 0.6 is 24.0 Å². The van der Waals surface area contributed by atoms with Crippen LogP contribution in [0.5, 0.6) is 0 Å². The molecule has 158 valence electrons. The molecule has 2 heterocycles. The molecule has 1 aromatic carbocycles. The van der Waals surface area contributed by atoms with Gasteiger partial charge >= 0.3 is 0 Å². The van der Waals surface area contributed by atoms with Crippen LogP contribution in [-0.2, 0) is 4.74 Å². The fourth-order valence-corrected chi connectivity index (χ4v) is 3.88. The largest absolute Gasteiger partial charge is 0.379 e. The van der Waals surface area contributed by atoms with Crippen molar-refractivity contribution >= 4 is 29.9 Å². The van der Waals surface area contributed by atoms with Gasteiger partial charge in [0, 0.05) is 39.8 Å². The van der Waals surface area contributed by atoms with Crippen LogP contribution < -0.4 is 10.6 Å². The Morgan fingerprint density at radius 2 is 1.93 bits per heavy atom. The molecule has 2 fully saturated rings. The van der Waals surface area contributed by atoms with Crippen LogP contribution in [0, 0.1) is 11.7 Å². The first-order valence-corrected chi connectivity index (χ1v) is 9.86. The molecule has 2 aliphatic rings. The Balaban J connectivity index is 0.00000280. The van der Waals surface area contributed by atoms with E-state index in [0.717, 1.165) is 57.5 Å². The molecule has 0 bridgehead atoms. The molecular weight excluding hydrogens is 472 g/mol. The number of guanidine groups is 1. The summed E-state index contributed by atoms with van der Waals surface area (Å²) in [6.07, 6.45) is 1.23. The van der Waals surface area contributed by atoms with Gasteiger partial charge < -0.3 is 20.3 Å². The molecule has 1 aromatic rings. The summed E-state index contributed by atoms with van der Waals surface area (Å²) in [5, 5.41) is 6.92. The van der Waals surface area contributed by atoms with Crippen molar-refractivity contribution in [2.45, 2.75) is 12.5 Å². The monoisotopic (exact) mass is 505 g/mol. The first-order valence-electron chi connectivity index (χ1n) is 9.86. The van der Waals surface area contributed by atoms with E-state index in [1.165, 1.54) is 25.1 Å². The Labute approximate surface area is 184 Å². The lowest BCUT2D eigenvalue weighted by atomic mass is 10.0. The minimum atomic E-state index is -0.202. The molecule has 2 atom stereocenters. The highest BCUT2D eigenvalue weighted by atomic mass is 127. The fourth-order valence-electron chi connectivity index (χ4n) is 3.88. The second-order valence-corrected chi connectivity index (χ2v) is 7.47. The lowest BCUT2D eigenvalue weighted by molar-refractivity contribution is 0.0170. The number of benzene rings is 1. The molecule has 0 saturated carbocycles. The van der Waals surface area contributed by atoms with Crippen molar-refractivity contribution in [2.75, 3.05) is 66.6 Å². The number of hydrogen-bond donors (Lipinski definition) is 2. The van der Waals surface area contributed by atoms with Crippen LogP contribution in [0.2, 0.25) is 0 Å². The van der Waals surface area contributed by atoms with Crippen LogP contribution in [0.15, 0.2) is 29.3 Å². The smallest absolute Gasteiger partial charge is 0.191 e. The zero-order valence-electron chi connectivity index (χ0n) is 16.9. The maximum Gasteiger partial charge on any atom is 0.191 e. The van der Waals surface area contributed by atoms with E-state index in [2.05, 4.69) is 32.5 Å². The number of morpholine rings is 1. The number of rotatable bonds is 6. The quantitative estimate of drug-likeness (QED) is 0.352. The van der Waals surface area contributed by atoms with E-state index >= 15 is 0 Å². The molecule has 2 saturated heterocycles. The Hall–Kier alpha value is -0.970. The van der Waals surface area contributed by atoms with Gasteiger partial charge in [-0.1, -0.05) is 12.1 Å². The second-order valence-electron chi connectivity index (χ2n) is 7.47. The number of likely N-dealkylation sites (tertiary alicyclic amines) is 1. The van der Waals surface area contributed by atoms with E-state index in [9.17, 15) is 4.39 Å². The molecular formula is C20H33FIN5O. The molecule has 3 rings (SSSR count). The van der Waals surface area contributed by atoms with Gasteiger partial charge in [-0.05, 0) is 43.6 Å². The van der Waals surface area contributed by atoms with E-state index in [0.29, 0.717) is 5.92 Å². The number of ether oxygens (including phenoxy) is 1. The number of hydrogen-bond acceptors (Lipinski definition) is 4. The average Bonchev–Trinajstić information content (AvgIpc) is 3.11. The lowest BCUT2D eigenvalue weighted by Gasteiger charge is -2.35. The van der Waals surface area contributed by atoms with Gasteiger partial charge in [0.25, 0.3) is 0 Å². The number of nitrogens with zero attached hydrogens (tertiary/aromatic N) is 3. The zero-order valence-corrected chi connectivity index (χ0v) is 19.2. The maximum absolute atomic E-state index is 13.4. The van der Waals surface area contributed by atoms with Gasteiger partial charge in [0.2, 0.25) is 0 Å². The van der Waals surface area contributed by atoms with Gasteiger partial charge in [-0.25, -0.2) is 4.39 Å². The van der Waals surface area contributed by atoms with Crippen molar-refractivity contribution in [3.05, 3.63) is 35.6 Å². The van der Waals surface area contributed by atoms with E-state index in [1.807, 2.05) is 12.1 Å². The van der Waals surface area contributed by atoms with Crippen molar-refractivity contribution in [3.63, 3.8) is 0 Å². The summed E-state index contributed by atoms with van der Waals surface area (Å²) < 4.78 is 18.8. The Morgan fingerprint density at radius 3 is 2.54 bits per heavy atom. The summed E-state index contributed by atoms with van der Waals surface area (Å²) in [6.45, 7) is 7.19. The van der Waals surface area contributed by atoms with Crippen LogP contribution in [0.3, 0.4) is 0 Å². The molecule has 2 aliphatic heterocycles. The molecule has 2 N–H and O–H groups in total. The fraction of sp³-hybridized carbons (Fsp3) is 0.650. The van der Waals surface area contributed by atoms with Gasteiger partial charge in [-0.3, -0.25) is 9.89 Å². The first-order chi connectivity index (χ1) is 13.2. The summed E-state index contributed by atoms with van der Waals surface area (Å²) in [7, 11) is 3.97. The molecule has 0 aromatic heterocycles. The standard InChI is InChI=1S/C20H32FN5O.HI/c1-22-20(23-13-16-7-8-25(2)15-16)24-14-19(26-9-11-27-12-10-26)17-3-5-18(21)6-4-17;/h3-6,16,19H,7-15H2,1-2H3,(H2,22,23,24);1H. The van der Waals surface area contributed by atoms with Crippen LogP contribution in [-0.4, -0.2) is 82.3 Å². The first kappa shape index (κ1) is 23.3. The third-order valence-corrected chi connectivity index (χ3v) is 5.47. The molecule has 8 heteroatoms. The third kappa shape index (κ3) is 6.82. The summed E-state index contributed by atoms with van der Waals surface area (Å²) in [5.41, 5.74) is 1.11.